The van der Waals surface area contributed by atoms with Gasteiger partial charge in [-0.2, -0.15) is 11.8 Å². The zero-order chi connectivity index (χ0) is 13.0. The summed E-state index contributed by atoms with van der Waals surface area (Å²) in [6.07, 6.45) is 0. The highest BCUT2D eigenvalue weighted by Gasteiger charge is 2.05. The number of benzene rings is 1. The summed E-state index contributed by atoms with van der Waals surface area (Å²) >= 11 is 1.77. The van der Waals surface area contributed by atoms with Gasteiger partial charge in [-0.3, -0.25) is 0 Å². The van der Waals surface area contributed by atoms with Gasteiger partial charge >= 0.3 is 0 Å². The lowest BCUT2D eigenvalue weighted by molar-refractivity contribution is 0.250. The van der Waals surface area contributed by atoms with Crippen LogP contribution in [0.1, 0.15) is 18.4 Å². The minimum absolute atomic E-state index is 0.241. The predicted molar refractivity (Wildman–Crippen MR) is 76.7 cm³/mol. The van der Waals surface area contributed by atoms with Crippen LogP contribution in [-0.4, -0.2) is 27.4 Å². The Kier molecular flexibility index (Phi) is 4.55. The van der Waals surface area contributed by atoms with Crippen LogP contribution in [0.15, 0.2) is 24.3 Å². The van der Waals surface area contributed by atoms with Crippen LogP contribution in [0, 0.1) is 12.8 Å². The third-order valence-electron chi connectivity index (χ3n) is 2.79. The van der Waals surface area contributed by atoms with Crippen LogP contribution in [0.2, 0.25) is 0 Å². The lowest BCUT2D eigenvalue weighted by atomic mass is 10.2. The van der Waals surface area contributed by atoms with Gasteiger partial charge in [0.25, 0.3) is 0 Å². The van der Waals surface area contributed by atoms with Gasteiger partial charge < -0.3 is 5.11 Å². The van der Waals surface area contributed by atoms with E-state index in [1.165, 1.54) is 0 Å². The van der Waals surface area contributed by atoms with Crippen LogP contribution in [0.3, 0.4) is 0 Å². The number of para-hydroxylation sites is 1. The van der Waals surface area contributed by atoms with Crippen molar-refractivity contribution in [2.45, 2.75) is 19.6 Å². The highest BCUT2D eigenvalue weighted by Crippen LogP contribution is 2.18. The Morgan fingerprint density at radius 3 is 2.83 bits per heavy atom. The molecule has 1 atom stereocenters. The standard InChI is InChI=1S/C14H18N2OS/c1-10(7-17)8-18-9-14-15-11(2)12-5-3-4-6-13(12)16-14/h3-6,10,17H,7-9H2,1-2H3. The molecule has 0 aliphatic rings. The smallest absolute Gasteiger partial charge is 0.139 e. The van der Waals surface area contributed by atoms with Crippen LogP contribution in [0.4, 0.5) is 0 Å². The molecule has 1 N–H and O–H groups in total. The van der Waals surface area contributed by atoms with Gasteiger partial charge in [0.2, 0.25) is 0 Å². The molecule has 18 heavy (non-hydrogen) atoms. The van der Waals surface area contributed by atoms with Gasteiger partial charge in [0.1, 0.15) is 5.82 Å². The van der Waals surface area contributed by atoms with E-state index in [0.717, 1.165) is 33.9 Å². The summed E-state index contributed by atoms with van der Waals surface area (Å²) in [6.45, 7) is 4.30. The molecule has 2 aromatic rings. The van der Waals surface area contributed by atoms with Gasteiger partial charge in [-0.25, -0.2) is 9.97 Å². The third kappa shape index (κ3) is 3.21. The Balaban J connectivity index is 2.10. The summed E-state index contributed by atoms with van der Waals surface area (Å²) in [5, 5.41) is 10.1. The fourth-order valence-electron chi connectivity index (χ4n) is 1.76. The number of thioether (sulfide) groups is 1. The first-order chi connectivity index (χ1) is 8.70. The van der Waals surface area contributed by atoms with E-state index in [4.69, 9.17) is 5.11 Å². The van der Waals surface area contributed by atoms with Crippen LogP contribution >= 0.6 is 11.8 Å². The first kappa shape index (κ1) is 13.3. The van der Waals surface area contributed by atoms with E-state index in [1.807, 2.05) is 32.0 Å². The minimum Gasteiger partial charge on any atom is -0.396 e. The van der Waals surface area contributed by atoms with Crippen molar-refractivity contribution in [1.82, 2.24) is 9.97 Å². The molecule has 0 saturated heterocycles. The number of aryl methyl sites for hydroxylation is 1. The van der Waals surface area contributed by atoms with Crippen LogP contribution in [0.25, 0.3) is 10.9 Å². The molecule has 0 amide bonds. The molecule has 0 saturated carbocycles. The molecule has 0 fully saturated rings. The molecule has 96 valence electrons. The lowest BCUT2D eigenvalue weighted by Gasteiger charge is -2.08. The van der Waals surface area contributed by atoms with Crippen molar-refractivity contribution in [2.24, 2.45) is 5.92 Å². The number of rotatable bonds is 5. The summed E-state index contributed by atoms with van der Waals surface area (Å²) in [6, 6.07) is 8.08. The zero-order valence-corrected chi connectivity index (χ0v) is 11.6. The number of hydrogen-bond donors (Lipinski definition) is 1. The lowest BCUT2D eigenvalue weighted by Crippen LogP contribution is -2.04. The molecule has 1 heterocycles. The first-order valence-corrected chi connectivity index (χ1v) is 7.27. The summed E-state index contributed by atoms with van der Waals surface area (Å²) in [7, 11) is 0. The summed E-state index contributed by atoms with van der Waals surface area (Å²) in [4.78, 5) is 9.09. The molecule has 2 rings (SSSR count). The second-order valence-electron chi connectivity index (χ2n) is 4.55. The van der Waals surface area contributed by atoms with E-state index in [0.29, 0.717) is 5.92 Å². The van der Waals surface area contributed by atoms with Crippen molar-refractivity contribution < 1.29 is 5.11 Å². The second-order valence-corrected chi connectivity index (χ2v) is 5.58. The molecular formula is C14H18N2OS. The fraction of sp³-hybridized carbons (Fsp3) is 0.429. The van der Waals surface area contributed by atoms with E-state index < -0.39 is 0 Å². The molecule has 0 radical (unpaired) electrons. The maximum Gasteiger partial charge on any atom is 0.139 e. The quantitative estimate of drug-likeness (QED) is 0.900. The highest BCUT2D eigenvalue weighted by atomic mass is 32.2. The van der Waals surface area contributed by atoms with Crippen molar-refractivity contribution in [2.75, 3.05) is 12.4 Å². The SMILES string of the molecule is Cc1nc(CSCC(C)CO)nc2ccccc12. The van der Waals surface area contributed by atoms with E-state index >= 15 is 0 Å². The van der Waals surface area contributed by atoms with Gasteiger partial charge in [-0.15, -0.1) is 0 Å². The molecule has 0 spiro atoms. The van der Waals surface area contributed by atoms with Crippen molar-refractivity contribution in [1.29, 1.82) is 0 Å². The van der Waals surface area contributed by atoms with Crippen LogP contribution in [0.5, 0.6) is 0 Å². The van der Waals surface area contributed by atoms with E-state index in [1.54, 1.807) is 11.8 Å². The van der Waals surface area contributed by atoms with Crippen LogP contribution < -0.4 is 0 Å². The number of aromatic nitrogens is 2. The Hall–Kier alpha value is -1.13. The number of fused-ring (bicyclic) bond motifs is 1. The highest BCUT2D eigenvalue weighted by molar-refractivity contribution is 7.98. The normalized spacial score (nSPS) is 12.8. The average Bonchev–Trinajstić information content (AvgIpc) is 2.38. The van der Waals surface area contributed by atoms with Crippen LogP contribution in [-0.2, 0) is 5.75 Å². The van der Waals surface area contributed by atoms with Crippen molar-refractivity contribution in [3.8, 4) is 0 Å². The number of aliphatic hydroxyl groups excluding tert-OH is 1. The van der Waals surface area contributed by atoms with Gasteiger partial charge in [-0.1, -0.05) is 25.1 Å². The molecule has 4 heteroatoms. The minimum atomic E-state index is 0.241. The van der Waals surface area contributed by atoms with Gasteiger partial charge in [-0.05, 0) is 24.7 Å². The number of hydrogen-bond acceptors (Lipinski definition) is 4. The summed E-state index contributed by atoms with van der Waals surface area (Å²) < 4.78 is 0. The third-order valence-corrected chi connectivity index (χ3v) is 4.05. The molecule has 1 aromatic heterocycles. The molecular weight excluding hydrogens is 244 g/mol. The van der Waals surface area contributed by atoms with E-state index in [9.17, 15) is 0 Å². The van der Waals surface area contributed by atoms with Gasteiger partial charge in [0, 0.05) is 17.7 Å². The monoisotopic (exact) mass is 262 g/mol. The molecule has 1 aromatic carbocycles. The largest absolute Gasteiger partial charge is 0.396 e. The van der Waals surface area contributed by atoms with Crippen molar-refractivity contribution in [3.05, 3.63) is 35.8 Å². The average molecular weight is 262 g/mol. The molecule has 0 aliphatic carbocycles. The zero-order valence-electron chi connectivity index (χ0n) is 10.8. The Morgan fingerprint density at radius 2 is 2.06 bits per heavy atom. The summed E-state index contributed by atoms with van der Waals surface area (Å²) in [5.41, 5.74) is 2.04. The number of nitrogens with zero attached hydrogens (tertiary/aromatic N) is 2. The fourth-order valence-corrected chi connectivity index (χ4v) is 2.70. The first-order valence-electron chi connectivity index (χ1n) is 6.11. The van der Waals surface area contributed by atoms with E-state index in [-0.39, 0.29) is 6.61 Å². The maximum atomic E-state index is 8.97. The van der Waals surface area contributed by atoms with Crippen molar-refractivity contribution in [3.63, 3.8) is 0 Å². The molecule has 0 aliphatic heterocycles. The molecule has 3 nitrogen and oxygen atoms in total. The Morgan fingerprint density at radius 1 is 1.28 bits per heavy atom. The van der Waals surface area contributed by atoms with E-state index in [2.05, 4.69) is 16.0 Å². The topological polar surface area (TPSA) is 46.0 Å². The second kappa shape index (κ2) is 6.16. The predicted octanol–water partition coefficient (Wildman–Crippen LogP) is 2.80. The Labute approximate surface area is 112 Å². The Bertz CT molecular complexity index is 530. The summed E-state index contributed by atoms with van der Waals surface area (Å²) in [5.74, 6) is 2.94. The van der Waals surface area contributed by atoms with Gasteiger partial charge in [0.15, 0.2) is 0 Å². The van der Waals surface area contributed by atoms with Gasteiger partial charge in [0.05, 0.1) is 11.3 Å². The molecule has 0 bridgehead atoms. The number of aliphatic hydroxyl groups is 1. The molecule has 1 unspecified atom stereocenters. The van der Waals surface area contributed by atoms with Crippen molar-refractivity contribution >= 4 is 22.7 Å². The maximum absolute atomic E-state index is 8.97.